The van der Waals surface area contributed by atoms with Crippen molar-refractivity contribution in [2.45, 2.75) is 31.3 Å². The minimum Gasteiger partial charge on any atom is -0.394 e. The Morgan fingerprint density at radius 1 is 1.31 bits per heavy atom. The van der Waals surface area contributed by atoms with Gasteiger partial charge in [0.15, 0.2) is 0 Å². The van der Waals surface area contributed by atoms with Crippen LogP contribution < -0.4 is 5.32 Å². The SMILES string of the molecule is CC(=O)N[C@@H](C=O)[C@@H](O)[C@H](O)[C@H](O)CO.[C]. The Bertz CT molecular complexity index is 222. The third kappa shape index (κ3) is 5.17. The van der Waals surface area contributed by atoms with Crippen molar-refractivity contribution < 1.29 is 30.0 Å². The van der Waals surface area contributed by atoms with Gasteiger partial charge in [0.05, 0.1) is 6.61 Å². The number of rotatable bonds is 6. The Morgan fingerprint density at radius 3 is 2.12 bits per heavy atom. The molecule has 7 heteroatoms. The van der Waals surface area contributed by atoms with Crippen molar-refractivity contribution >= 4 is 12.2 Å². The van der Waals surface area contributed by atoms with Crippen LogP contribution in [-0.4, -0.2) is 63.6 Å². The van der Waals surface area contributed by atoms with Crippen LogP contribution in [-0.2, 0) is 9.59 Å². The number of aliphatic hydroxyl groups excluding tert-OH is 4. The first-order chi connectivity index (χ1) is 6.93. The molecule has 7 nitrogen and oxygen atoms in total. The van der Waals surface area contributed by atoms with Crippen LogP contribution in [0.15, 0.2) is 0 Å². The summed E-state index contributed by atoms with van der Waals surface area (Å²) in [6.45, 7) is 0.377. The molecule has 0 aromatic heterocycles. The van der Waals surface area contributed by atoms with Gasteiger partial charge in [0.2, 0.25) is 5.91 Å². The highest BCUT2D eigenvalue weighted by Gasteiger charge is 2.31. The highest BCUT2D eigenvalue weighted by molar-refractivity contribution is 5.77. The van der Waals surface area contributed by atoms with E-state index in [9.17, 15) is 19.8 Å². The van der Waals surface area contributed by atoms with E-state index in [2.05, 4.69) is 5.32 Å². The van der Waals surface area contributed by atoms with E-state index < -0.39 is 36.9 Å². The standard InChI is InChI=1S/C8H15NO6.C/c1-4(12)9-5(2-10)7(14)8(15)6(13)3-11;/h2,5-8,11,13-15H,3H2,1H3,(H,9,12);/t5-,6+,7+,8+;/m0./s1. The average molecular weight is 233 g/mol. The summed E-state index contributed by atoms with van der Waals surface area (Å²) in [5.41, 5.74) is 0. The summed E-state index contributed by atoms with van der Waals surface area (Å²) in [4.78, 5) is 21.1. The van der Waals surface area contributed by atoms with Crippen LogP contribution in [0.1, 0.15) is 6.92 Å². The molecule has 0 fully saturated rings. The molecule has 0 aliphatic carbocycles. The van der Waals surface area contributed by atoms with E-state index in [0.717, 1.165) is 6.92 Å². The molecular formula is C9H15NO6. The predicted octanol–water partition coefficient (Wildman–Crippen LogP) is -3.15. The van der Waals surface area contributed by atoms with Crippen LogP contribution in [0.5, 0.6) is 0 Å². The van der Waals surface area contributed by atoms with Gasteiger partial charge in [-0.05, 0) is 0 Å². The van der Waals surface area contributed by atoms with E-state index in [1.54, 1.807) is 0 Å². The topological polar surface area (TPSA) is 127 Å². The number of carbonyl (C=O) groups is 2. The quantitative estimate of drug-likeness (QED) is 0.308. The Balaban J connectivity index is 0. The normalized spacial score (nSPS) is 17.6. The second-order valence-corrected chi connectivity index (χ2v) is 3.09. The van der Waals surface area contributed by atoms with Gasteiger partial charge < -0.3 is 30.5 Å². The van der Waals surface area contributed by atoms with Gasteiger partial charge in [-0.15, -0.1) is 0 Å². The minimum absolute atomic E-state index is 0. The molecule has 0 spiro atoms. The molecule has 0 aliphatic rings. The lowest BCUT2D eigenvalue weighted by Gasteiger charge is -2.25. The first-order valence-electron chi connectivity index (χ1n) is 4.31. The summed E-state index contributed by atoms with van der Waals surface area (Å²) in [7, 11) is 0. The molecule has 0 unspecified atom stereocenters. The molecule has 0 aliphatic heterocycles. The van der Waals surface area contributed by atoms with Gasteiger partial charge in [-0.2, -0.15) is 0 Å². The maximum absolute atomic E-state index is 10.6. The molecule has 0 bridgehead atoms. The van der Waals surface area contributed by atoms with Crippen LogP contribution in [0, 0.1) is 7.43 Å². The van der Waals surface area contributed by atoms with Crippen molar-refractivity contribution in [2.75, 3.05) is 6.61 Å². The molecule has 0 saturated carbocycles. The Hall–Kier alpha value is -1.02. The van der Waals surface area contributed by atoms with Crippen molar-refractivity contribution in [1.29, 1.82) is 0 Å². The van der Waals surface area contributed by atoms with E-state index >= 15 is 0 Å². The summed E-state index contributed by atoms with van der Waals surface area (Å²) in [6.07, 6.45) is -4.72. The Kier molecular flexibility index (Phi) is 8.87. The van der Waals surface area contributed by atoms with Gasteiger partial charge in [-0.25, -0.2) is 0 Å². The number of hydrogen-bond donors (Lipinski definition) is 5. The highest BCUT2D eigenvalue weighted by Crippen LogP contribution is 2.03. The number of aliphatic hydroxyl groups is 4. The molecule has 0 heterocycles. The zero-order chi connectivity index (χ0) is 12.0. The molecular weight excluding hydrogens is 218 g/mol. The van der Waals surface area contributed by atoms with Crippen LogP contribution in [0.3, 0.4) is 0 Å². The van der Waals surface area contributed by atoms with Gasteiger partial charge in [-0.3, -0.25) is 4.79 Å². The molecule has 92 valence electrons. The zero-order valence-electron chi connectivity index (χ0n) is 8.70. The second-order valence-electron chi connectivity index (χ2n) is 3.09. The Labute approximate surface area is 93.7 Å². The third-order valence-electron chi connectivity index (χ3n) is 1.82. The summed E-state index contributed by atoms with van der Waals surface area (Å²) >= 11 is 0. The fraction of sp³-hybridized carbons (Fsp3) is 0.667. The summed E-state index contributed by atoms with van der Waals surface area (Å²) in [5, 5.41) is 38.2. The van der Waals surface area contributed by atoms with Crippen LogP contribution in [0.4, 0.5) is 0 Å². The number of hydrogen-bond acceptors (Lipinski definition) is 6. The van der Waals surface area contributed by atoms with E-state index in [1.807, 2.05) is 0 Å². The molecule has 0 rings (SSSR count). The van der Waals surface area contributed by atoms with Crippen LogP contribution in [0.2, 0.25) is 0 Å². The largest absolute Gasteiger partial charge is 0.394 e. The van der Waals surface area contributed by atoms with Crippen molar-refractivity contribution in [3.8, 4) is 0 Å². The number of aldehydes is 1. The minimum atomic E-state index is -1.71. The van der Waals surface area contributed by atoms with E-state index in [0.29, 0.717) is 0 Å². The number of amides is 1. The van der Waals surface area contributed by atoms with Crippen LogP contribution >= 0.6 is 0 Å². The van der Waals surface area contributed by atoms with E-state index in [1.165, 1.54) is 0 Å². The summed E-state index contributed by atoms with van der Waals surface area (Å²) in [6, 6.07) is -1.32. The lowest BCUT2D eigenvalue weighted by Crippen LogP contribution is -2.53. The van der Waals surface area contributed by atoms with Crippen molar-refractivity contribution in [1.82, 2.24) is 5.32 Å². The molecule has 4 radical (unpaired) electrons. The highest BCUT2D eigenvalue weighted by atomic mass is 16.4. The van der Waals surface area contributed by atoms with Crippen molar-refractivity contribution in [3.63, 3.8) is 0 Å². The average Bonchev–Trinajstić information content (AvgIpc) is 2.22. The number of nitrogens with one attached hydrogen (secondary N) is 1. The van der Waals surface area contributed by atoms with E-state index in [4.69, 9.17) is 10.2 Å². The first-order valence-corrected chi connectivity index (χ1v) is 4.31. The van der Waals surface area contributed by atoms with Gasteiger partial charge in [-0.1, -0.05) is 0 Å². The van der Waals surface area contributed by atoms with E-state index in [-0.39, 0.29) is 13.7 Å². The molecule has 16 heavy (non-hydrogen) atoms. The Morgan fingerprint density at radius 2 is 1.81 bits per heavy atom. The van der Waals surface area contributed by atoms with Gasteiger partial charge >= 0.3 is 0 Å². The van der Waals surface area contributed by atoms with Crippen molar-refractivity contribution in [3.05, 3.63) is 7.43 Å². The molecule has 0 aromatic rings. The molecule has 4 atom stereocenters. The number of carbonyl (C=O) groups excluding carboxylic acids is 2. The lowest BCUT2D eigenvalue weighted by atomic mass is 10.0. The third-order valence-corrected chi connectivity index (χ3v) is 1.82. The van der Waals surface area contributed by atoms with Crippen molar-refractivity contribution in [2.24, 2.45) is 0 Å². The predicted molar refractivity (Wildman–Crippen MR) is 52.0 cm³/mol. The summed E-state index contributed by atoms with van der Waals surface area (Å²) < 4.78 is 0. The lowest BCUT2D eigenvalue weighted by molar-refractivity contribution is -0.129. The zero-order valence-corrected chi connectivity index (χ0v) is 8.70. The fourth-order valence-corrected chi connectivity index (χ4v) is 0.983. The maximum atomic E-state index is 10.6. The molecule has 5 N–H and O–H groups in total. The smallest absolute Gasteiger partial charge is 0.217 e. The second kappa shape index (κ2) is 8.17. The maximum Gasteiger partial charge on any atom is 0.217 e. The van der Waals surface area contributed by atoms with Gasteiger partial charge in [0.25, 0.3) is 0 Å². The fourth-order valence-electron chi connectivity index (χ4n) is 0.983. The van der Waals surface area contributed by atoms with Gasteiger partial charge in [0.1, 0.15) is 30.6 Å². The molecule has 1 amide bonds. The van der Waals surface area contributed by atoms with Crippen LogP contribution in [0.25, 0.3) is 0 Å². The monoisotopic (exact) mass is 233 g/mol. The van der Waals surface area contributed by atoms with Gasteiger partial charge in [0, 0.05) is 14.4 Å². The molecule has 0 saturated heterocycles. The summed E-state index contributed by atoms with van der Waals surface area (Å²) in [5.74, 6) is -0.558. The first kappa shape index (κ1) is 17.4. The molecule has 0 aromatic carbocycles.